The number of hydrogen-bond acceptors (Lipinski definition) is 2. The zero-order valence-electron chi connectivity index (χ0n) is 11.3. The van der Waals surface area contributed by atoms with Gasteiger partial charge in [0.1, 0.15) is 6.61 Å². The highest BCUT2D eigenvalue weighted by molar-refractivity contribution is 5.68. The van der Waals surface area contributed by atoms with Gasteiger partial charge in [-0.25, -0.2) is 4.79 Å². The van der Waals surface area contributed by atoms with E-state index < -0.39 is 0 Å². The molecular weight excluding hydrogens is 252 g/mol. The van der Waals surface area contributed by atoms with Crippen LogP contribution in [0, 0.1) is 0 Å². The Morgan fingerprint density at radius 3 is 2.85 bits per heavy atom. The van der Waals surface area contributed by atoms with Gasteiger partial charge in [-0.1, -0.05) is 30.3 Å². The largest absolute Gasteiger partial charge is 0.445 e. The van der Waals surface area contributed by atoms with Crippen molar-refractivity contribution in [1.29, 1.82) is 0 Å². The van der Waals surface area contributed by atoms with Crippen LogP contribution < -0.4 is 0 Å². The number of nitrogens with zero attached hydrogens (tertiary/aromatic N) is 1. The molecule has 20 heavy (non-hydrogen) atoms. The van der Waals surface area contributed by atoms with Gasteiger partial charge in [0, 0.05) is 18.4 Å². The number of likely N-dealkylation sites (tertiary alicyclic amines) is 1. The summed E-state index contributed by atoms with van der Waals surface area (Å²) in [5.41, 5.74) is 2.09. The number of carbonyl (C=O) groups excluding carboxylic acids is 1. The van der Waals surface area contributed by atoms with Crippen molar-refractivity contribution < 1.29 is 9.53 Å². The Labute approximate surface area is 118 Å². The lowest BCUT2D eigenvalue weighted by Crippen LogP contribution is -2.31. The van der Waals surface area contributed by atoms with Gasteiger partial charge in [0.2, 0.25) is 0 Å². The fourth-order valence-corrected chi connectivity index (χ4v) is 2.66. The van der Waals surface area contributed by atoms with Crippen molar-refractivity contribution in [2.75, 3.05) is 6.54 Å². The summed E-state index contributed by atoms with van der Waals surface area (Å²) in [4.78, 5) is 17.2. The zero-order valence-corrected chi connectivity index (χ0v) is 11.3. The molecule has 1 aliphatic heterocycles. The summed E-state index contributed by atoms with van der Waals surface area (Å²) < 4.78 is 5.41. The number of ether oxygens (including phenoxy) is 1. The van der Waals surface area contributed by atoms with E-state index in [1.165, 1.54) is 0 Å². The second kappa shape index (κ2) is 5.82. The molecule has 0 bridgehead atoms. The number of benzene rings is 1. The van der Waals surface area contributed by atoms with Crippen LogP contribution in [0.5, 0.6) is 0 Å². The van der Waals surface area contributed by atoms with Gasteiger partial charge in [-0.05, 0) is 30.5 Å². The van der Waals surface area contributed by atoms with E-state index >= 15 is 0 Å². The summed E-state index contributed by atoms with van der Waals surface area (Å²) in [5.74, 6) is 0. The molecule has 3 rings (SSSR count). The molecule has 1 amide bonds. The molecule has 1 N–H and O–H groups in total. The minimum atomic E-state index is -0.231. The lowest BCUT2D eigenvalue weighted by atomic mass is 10.1. The predicted octanol–water partition coefficient (Wildman–Crippen LogP) is 3.49. The van der Waals surface area contributed by atoms with Crippen molar-refractivity contribution in [1.82, 2.24) is 9.88 Å². The van der Waals surface area contributed by atoms with Gasteiger partial charge < -0.3 is 9.72 Å². The highest BCUT2D eigenvalue weighted by Gasteiger charge is 2.31. The molecule has 2 heterocycles. The molecule has 0 radical (unpaired) electrons. The van der Waals surface area contributed by atoms with Gasteiger partial charge >= 0.3 is 6.09 Å². The van der Waals surface area contributed by atoms with Gasteiger partial charge in [0.05, 0.1) is 6.04 Å². The second-order valence-corrected chi connectivity index (χ2v) is 5.02. The normalized spacial score (nSPS) is 18.2. The Hall–Kier alpha value is -2.23. The molecular formula is C16H18N2O2. The first kappa shape index (κ1) is 12.8. The molecule has 0 spiro atoms. The molecule has 104 valence electrons. The first-order chi connectivity index (χ1) is 9.84. The smallest absolute Gasteiger partial charge is 0.410 e. The van der Waals surface area contributed by atoms with E-state index in [0.29, 0.717) is 6.61 Å². The average Bonchev–Trinajstić information content (AvgIpc) is 3.15. The Kier molecular flexibility index (Phi) is 3.72. The van der Waals surface area contributed by atoms with E-state index in [4.69, 9.17) is 4.74 Å². The number of aromatic amines is 1. The van der Waals surface area contributed by atoms with Crippen LogP contribution in [0.15, 0.2) is 48.7 Å². The molecule has 1 aliphatic rings. The van der Waals surface area contributed by atoms with Crippen molar-refractivity contribution in [2.45, 2.75) is 25.5 Å². The lowest BCUT2D eigenvalue weighted by Gasteiger charge is -2.23. The Balaban J connectivity index is 1.62. The van der Waals surface area contributed by atoms with Gasteiger partial charge in [-0.15, -0.1) is 0 Å². The third-order valence-corrected chi connectivity index (χ3v) is 3.67. The van der Waals surface area contributed by atoms with Crippen LogP contribution in [0.2, 0.25) is 0 Å². The number of aromatic nitrogens is 1. The van der Waals surface area contributed by atoms with Crippen molar-refractivity contribution >= 4 is 6.09 Å². The van der Waals surface area contributed by atoms with Crippen LogP contribution in [-0.2, 0) is 11.3 Å². The van der Waals surface area contributed by atoms with E-state index in [9.17, 15) is 4.79 Å². The molecule has 1 aromatic carbocycles. The summed E-state index contributed by atoms with van der Waals surface area (Å²) in [6.07, 6.45) is 3.66. The third-order valence-electron chi connectivity index (χ3n) is 3.67. The van der Waals surface area contributed by atoms with E-state index in [1.54, 1.807) is 0 Å². The van der Waals surface area contributed by atoms with Crippen molar-refractivity contribution in [3.8, 4) is 0 Å². The zero-order chi connectivity index (χ0) is 13.8. The molecule has 2 aromatic rings. The van der Waals surface area contributed by atoms with E-state index in [-0.39, 0.29) is 12.1 Å². The fourth-order valence-electron chi connectivity index (χ4n) is 2.66. The van der Waals surface area contributed by atoms with Crippen molar-refractivity contribution in [3.63, 3.8) is 0 Å². The molecule has 1 aromatic heterocycles. The molecule has 1 atom stereocenters. The fraction of sp³-hybridized carbons (Fsp3) is 0.312. The number of rotatable bonds is 3. The lowest BCUT2D eigenvalue weighted by molar-refractivity contribution is 0.0915. The molecule has 4 nitrogen and oxygen atoms in total. The Bertz CT molecular complexity index is 551. The summed E-state index contributed by atoms with van der Waals surface area (Å²) in [6.45, 7) is 1.09. The van der Waals surface area contributed by atoms with Crippen molar-refractivity contribution in [3.05, 3.63) is 59.9 Å². The van der Waals surface area contributed by atoms with Crippen LogP contribution in [0.4, 0.5) is 4.79 Å². The minimum absolute atomic E-state index is 0.119. The first-order valence-corrected chi connectivity index (χ1v) is 6.95. The molecule has 1 unspecified atom stereocenters. The molecule has 1 fully saturated rings. The predicted molar refractivity (Wildman–Crippen MR) is 76.1 cm³/mol. The standard InChI is InChI=1S/C16H18N2O2/c19-16(20-12-13-6-2-1-3-7-13)18-11-5-9-15(18)14-8-4-10-17-14/h1-4,6-8,10,15,17H,5,9,11-12H2. The Morgan fingerprint density at radius 1 is 1.25 bits per heavy atom. The van der Waals surface area contributed by atoms with E-state index in [0.717, 1.165) is 30.6 Å². The van der Waals surface area contributed by atoms with Crippen molar-refractivity contribution in [2.24, 2.45) is 0 Å². The molecule has 4 heteroatoms. The first-order valence-electron chi connectivity index (χ1n) is 6.95. The topological polar surface area (TPSA) is 45.3 Å². The Morgan fingerprint density at radius 2 is 2.10 bits per heavy atom. The average molecular weight is 270 g/mol. The summed E-state index contributed by atoms with van der Waals surface area (Å²) >= 11 is 0. The van der Waals surface area contributed by atoms with Crippen LogP contribution in [0.1, 0.15) is 30.1 Å². The summed E-state index contributed by atoms with van der Waals surface area (Å²) in [6, 6.07) is 13.9. The van der Waals surface area contributed by atoms with Gasteiger partial charge in [-0.3, -0.25) is 4.90 Å². The van der Waals surface area contributed by atoms with Crippen LogP contribution in [-0.4, -0.2) is 22.5 Å². The second-order valence-electron chi connectivity index (χ2n) is 5.02. The maximum Gasteiger partial charge on any atom is 0.410 e. The minimum Gasteiger partial charge on any atom is -0.445 e. The number of hydrogen-bond donors (Lipinski definition) is 1. The van der Waals surface area contributed by atoms with E-state index in [2.05, 4.69) is 4.98 Å². The monoisotopic (exact) mass is 270 g/mol. The molecule has 1 saturated heterocycles. The van der Waals surface area contributed by atoms with E-state index in [1.807, 2.05) is 53.6 Å². The summed E-state index contributed by atoms with van der Waals surface area (Å²) in [7, 11) is 0. The number of H-pyrrole nitrogens is 1. The van der Waals surface area contributed by atoms with Crippen LogP contribution >= 0.6 is 0 Å². The quantitative estimate of drug-likeness (QED) is 0.928. The number of amides is 1. The molecule has 0 saturated carbocycles. The summed E-state index contributed by atoms with van der Waals surface area (Å²) in [5, 5.41) is 0. The van der Waals surface area contributed by atoms with Gasteiger partial charge in [-0.2, -0.15) is 0 Å². The molecule has 0 aliphatic carbocycles. The highest BCUT2D eigenvalue weighted by atomic mass is 16.6. The third kappa shape index (κ3) is 2.69. The van der Waals surface area contributed by atoms with Gasteiger partial charge in [0.15, 0.2) is 0 Å². The van der Waals surface area contributed by atoms with Crippen LogP contribution in [0.3, 0.4) is 0 Å². The van der Waals surface area contributed by atoms with Crippen LogP contribution in [0.25, 0.3) is 0 Å². The SMILES string of the molecule is O=C(OCc1ccccc1)N1CCCC1c1ccc[nH]1. The maximum atomic E-state index is 12.2. The number of nitrogens with one attached hydrogen (secondary N) is 1. The highest BCUT2D eigenvalue weighted by Crippen LogP contribution is 2.31. The van der Waals surface area contributed by atoms with Gasteiger partial charge in [0.25, 0.3) is 0 Å². The maximum absolute atomic E-state index is 12.2. The number of carbonyl (C=O) groups is 1.